The quantitative estimate of drug-likeness (QED) is 0.597. The second-order valence-corrected chi connectivity index (χ2v) is 7.12. The number of nitrogen functional groups attached to an aromatic ring is 1. The lowest BCUT2D eigenvalue weighted by molar-refractivity contribution is 0.0995. The molecule has 3 aromatic rings. The number of aromatic nitrogens is 4. The monoisotopic (exact) mass is 415 g/mol. The highest BCUT2D eigenvalue weighted by Gasteiger charge is 2.23. The van der Waals surface area contributed by atoms with Gasteiger partial charge in [0.1, 0.15) is 11.5 Å². The Bertz CT molecular complexity index is 977. The molecule has 1 saturated heterocycles. The number of nitrogens with one attached hydrogen (secondary N) is 1. The first-order valence-corrected chi connectivity index (χ1v) is 9.15. The SMILES string of the molecule is NC(=O)c1ccc(-c2cnn3c(N)c(Br)c(C4CCCNC4)nc23)cn1. The molecular formula is C17H18BrN7O. The van der Waals surface area contributed by atoms with Crippen molar-refractivity contribution in [3.05, 3.63) is 40.4 Å². The van der Waals surface area contributed by atoms with E-state index in [9.17, 15) is 4.79 Å². The normalized spacial score (nSPS) is 17.5. The van der Waals surface area contributed by atoms with E-state index in [0.29, 0.717) is 17.4 Å². The van der Waals surface area contributed by atoms with Gasteiger partial charge in [-0.1, -0.05) is 6.07 Å². The van der Waals surface area contributed by atoms with E-state index in [0.717, 1.165) is 47.2 Å². The largest absolute Gasteiger partial charge is 0.383 e. The number of primary amides is 1. The molecule has 4 heterocycles. The van der Waals surface area contributed by atoms with Crippen molar-refractivity contribution in [2.75, 3.05) is 18.8 Å². The van der Waals surface area contributed by atoms with Crippen molar-refractivity contribution >= 4 is 33.3 Å². The van der Waals surface area contributed by atoms with E-state index in [2.05, 4.69) is 31.3 Å². The average Bonchev–Trinajstić information content (AvgIpc) is 3.09. The molecule has 0 saturated carbocycles. The highest BCUT2D eigenvalue weighted by molar-refractivity contribution is 9.10. The van der Waals surface area contributed by atoms with Crippen LogP contribution in [0.2, 0.25) is 0 Å². The Labute approximate surface area is 158 Å². The van der Waals surface area contributed by atoms with E-state index in [1.807, 2.05) is 0 Å². The third kappa shape index (κ3) is 2.82. The summed E-state index contributed by atoms with van der Waals surface area (Å²) in [6, 6.07) is 3.38. The van der Waals surface area contributed by atoms with Gasteiger partial charge in [0.05, 0.1) is 16.4 Å². The van der Waals surface area contributed by atoms with Crippen molar-refractivity contribution in [1.29, 1.82) is 0 Å². The van der Waals surface area contributed by atoms with Gasteiger partial charge in [-0.15, -0.1) is 0 Å². The van der Waals surface area contributed by atoms with Crippen LogP contribution in [0.25, 0.3) is 16.8 Å². The summed E-state index contributed by atoms with van der Waals surface area (Å²) >= 11 is 3.59. The number of nitrogens with zero attached hydrogens (tertiary/aromatic N) is 4. The maximum absolute atomic E-state index is 11.2. The summed E-state index contributed by atoms with van der Waals surface area (Å²) in [5, 5.41) is 7.77. The van der Waals surface area contributed by atoms with E-state index < -0.39 is 5.91 Å². The van der Waals surface area contributed by atoms with E-state index in [1.54, 1.807) is 29.0 Å². The first-order chi connectivity index (χ1) is 12.6. The van der Waals surface area contributed by atoms with Gasteiger partial charge in [-0.05, 0) is 41.4 Å². The smallest absolute Gasteiger partial charge is 0.267 e. The molecule has 0 aliphatic carbocycles. The van der Waals surface area contributed by atoms with Crippen LogP contribution >= 0.6 is 15.9 Å². The van der Waals surface area contributed by atoms with Crippen molar-refractivity contribution in [3.63, 3.8) is 0 Å². The summed E-state index contributed by atoms with van der Waals surface area (Å²) in [5.41, 5.74) is 15.0. The number of piperidine rings is 1. The summed E-state index contributed by atoms with van der Waals surface area (Å²) in [5.74, 6) is 0.252. The second kappa shape index (κ2) is 6.65. The Kier molecular flexibility index (Phi) is 4.33. The lowest BCUT2D eigenvalue weighted by Crippen LogP contribution is -2.29. The topological polar surface area (TPSA) is 124 Å². The molecule has 1 amide bonds. The second-order valence-electron chi connectivity index (χ2n) is 6.33. The summed E-state index contributed by atoms with van der Waals surface area (Å²) < 4.78 is 2.40. The molecule has 5 N–H and O–H groups in total. The maximum Gasteiger partial charge on any atom is 0.267 e. The van der Waals surface area contributed by atoms with Crippen LogP contribution < -0.4 is 16.8 Å². The van der Waals surface area contributed by atoms with Crippen LogP contribution in [0, 0.1) is 0 Å². The van der Waals surface area contributed by atoms with Gasteiger partial charge in [0, 0.05) is 29.8 Å². The van der Waals surface area contributed by atoms with Crippen LogP contribution in [-0.2, 0) is 0 Å². The van der Waals surface area contributed by atoms with E-state index in [-0.39, 0.29) is 5.69 Å². The molecule has 0 radical (unpaired) electrons. The van der Waals surface area contributed by atoms with Crippen LogP contribution in [0.5, 0.6) is 0 Å². The molecule has 0 spiro atoms. The summed E-state index contributed by atoms with van der Waals surface area (Å²) in [6.45, 7) is 1.90. The molecule has 8 nitrogen and oxygen atoms in total. The number of pyridine rings is 1. The van der Waals surface area contributed by atoms with Crippen LogP contribution in [0.3, 0.4) is 0 Å². The van der Waals surface area contributed by atoms with Crippen LogP contribution in [-0.4, -0.2) is 38.6 Å². The third-order valence-electron chi connectivity index (χ3n) is 4.66. The lowest BCUT2D eigenvalue weighted by Gasteiger charge is -2.23. The third-order valence-corrected chi connectivity index (χ3v) is 5.47. The standard InChI is InChI=1S/C17H18BrN7O/c18-13-14(10-2-1-5-21-6-10)24-17-11(8-23-25(17)15(13)19)9-3-4-12(16(20)26)22-7-9/h3-4,7-8,10,21H,1-2,5-6,19H2,(H2,20,26). The number of hydrogen-bond donors (Lipinski definition) is 3. The highest BCUT2D eigenvalue weighted by atomic mass is 79.9. The minimum absolute atomic E-state index is 0.217. The number of anilines is 1. The number of carbonyl (C=O) groups excluding carboxylic acids is 1. The summed E-state index contributed by atoms with van der Waals surface area (Å²) in [6.07, 6.45) is 5.47. The molecule has 1 fully saturated rings. The van der Waals surface area contributed by atoms with E-state index in [1.165, 1.54) is 0 Å². The Balaban J connectivity index is 1.83. The molecule has 26 heavy (non-hydrogen) atoms. The van der Waals surface area contributed by atoms with Gasteiger partial charge in [-0.2, -0.15) is 9.61 Å². The first kappa shape index (κ1) is 16.9. The fraction of sp³-hybridized carbons (Fsp3) is 0.294. The molecule has 1 atom stereocenters. The molecule has 1 aliphatic rings. The van der Waals surface area contributed by atoms with Crippen LogP contribution in [0.1, 0.15) is 34.9 Å². The number of halogens is 1. The zero-order chi connectivity index (χ0) is 18.3. The Morgan fingerprint density at radius 1 is 1.35 bits per heavy atom. The zero-order valence-electron chi connectivity index (χ0n) is 13.9. The number of fused-ring (bicyclic) bond motifs is 1. The molecule has 1 unspecified atom stereocenters. The molecule has 0 bridgehead atoms. The Morgan fingerprint density at radius 2 is 2.19 bits per heavy atom. The highest BCUT2D eigenvalue weighted by Crippen LogP contribution is 2.34. The average molecular weight is 416 g/mol. The molecule has 1 aliphatic heterocycles. The van der Waals surface area contributed by atoms with Crippen molar-refractivity contribution in [3.8, 4) is 11.1 Å². The Morgan fingerprint density at radius 3 is 2.85 bits per heavy atom. The van der Waals surface area contributed by atoms with Gasteiger partial charge < -0.3 is 16.8 Å². The van der Waals surface area contributed by atoms with Gasteiger partial charge in [0.15, 0.2) is 5.65 Å². The van der Waals surface area contributed by atoms with Crippen molar-refractivity contribution in [2.24, 2.45) is 5.73 Å². The van der Waals surface area contributed by atoms with E-state index >= 15 is 0 Å². The zero-order valence-corrected chi connectivity index (χ0v) is 15.5. The fourth-order valence-corrected chi connectivity index (χ4v) is 3.85. The van der Waals surface area contributed by atoms with Crippen LogP contribution in [0.4, 0.5) is 5.82 Å². The molecule has 0 aromatic carbocycles. The van der Waals surface area contributed by atoms with Crippen molar-refractivity contribution in [2.45, 2.75) is 18.8 Å². The van der Waals surface area contributed by atoms with Gasteiger partial charge in [-0.25, -0.2) is 4.98 Å². The minimum atomic E-state index is -0.560. The molecule has 9 heteroatoms. The maximum atomic E-state index is 11.2. The van der Waals surface area contributed by atoms with Gasteiger partial charge in [0.25, 0.3) is 5.91 Å². The van der Waals surface area contributed by atoms with Gasteiger partial charge in [-0.3, -0.25) is 9.78 Å². The van der Waals surface area contributed by atoms with Gasteiger partial charge >= 0.3 is 0 Å². The number of rotatable bonds is 3. The Hall–Kier alpha value is -2.52. The molecule has 3 aromatic heterocycles. The molecular weight excluding hydrogens is 398 g/mol. The van der Waals surface area contributed by atoms with E-state index in [4.69, 9.17) is 16.5 Å². The summed E-state index contributed by atoms with van der Waals surface area (Å²) in [4.78, 5) is 20.2. The lowest BCUT2D eigenvalue weighted by atomic mass is 9.96. The molecule has 134 valence electrons. The van der Waals surface area contributed by atoms with Crippen molar-refractivity contribution < 1.29 is 4.79 Å². The van der Waals surface area contributed by atoms with Crippen molar-refractivity contribution in [1.82, 2.24) is 24.9 Å². The minimum Gasteiger partial charge on any atom is -0.383 e. The molecule has 4 rings (SSSR count). The predicted octanol–water partition coefficient (Wildman–Crippen LogP) is 1.70. The number of hydrogen-bond acceptors (Lipinski definition) is 6. The van der Waals surface area contributed by atoms with Crippen LogP contribution in [0.15, 0.2) is 29.0 Å². The predicted molar refractivity (Wildman–Crippen MR) is 102 cm³/mol. The number of nitrogens with two attached hydrogens (primary N) is 2. The number of carbonyl (C=O) groups is 1. The number of amides is 1. The van der Waals surface area contributed by atoms with Gasteiger partial charge in [0.2, 0.25) is 0 Å². The fourth-order valence-electron chi connectivity index (χ4n) is 3.27. The summed E-state index contributed by atoms with van der Waals surface area (Å²) in [7, 11) is 0. The first-order valence-electron chi connectivity index (χ1n) is 8.36.